The van der Waals surface area contributed by atoms with Crippen LogP contribution >= 0.6 is 23.2 Å². The van der Waals surface area contributed by atoms with Gasteiger partial charge < -0.3 is 9.64 Å². The first kappa shape index (κ1) is 16.0. The first-order valence-corrected chi connectivity index (χ1v) is 7.41. The molecule has 1 heterocycles. The lowest BCUT2D eigenvalue weighted by Gasteiger charge is -2.19. The monoisotopic (exact) mass is 325 g/mol. The van der Waals surface area contributed by atoms with Gasteiger partial charge in [-0.15, -0.1) is 0 Å². The van der Waals surface area contributed by atoms with Crippen molar-refractivity contribution in [2.45, 2.75) is 20.1 Å². The van der Waals surface area contributed by atoms with Gasteiger partial charge in [0.1, 0.15) is 17.6 Å². The summed E-state index contributed by atoms with van der Waals surface area (Å²) in [7, 11) is 1.95. The molecule has 0 aliphatic carbocycles. The summed E-state index contributed by atoms with van der Waals surface area (Å²) < 4.78 is 5.32. The molecule has 0 amide bonds. The normalized spacial score (nSPS) is 10.7. The van der Waals surface area contributed by atoms with Crippen LogP contribution in [0.25, 0.3) is 0 Å². The van der Waals surface area contributed by atoms with E-state index in [9.17, 15) is 0 Å². The zero-order valence-electron chi connectivity index (χ0n) is 12.0. The lowest BCUT2D eigenvalue weighted by molar-refractivity contribution is 0.128. The molecule has 0 saturated carbocycles. The largest absolute Gasteiger partial charge is 0.374 e. The van der Waals surface area contributed by atoms with Gasteiger partial charge in [0, 0.05) is 31.3 Å². The second-order valence-electron chi connectivity index (χ2n) is 4.59. The van der Waals surface area contributed by atoms with Gasteiger partial charge in [0.05, 0.1) is 0 Å². The molecule has 112 valence electrons. The summed E-state index contributed by atoms with van der Waals surface area (Å²) in [6.07, 6.45) is 0. The minimum absolute atomic E-state index is 0.356. The molecule has 0 aliphatic rings. The number of hydrogen-bond acceptors (Lipinski definition) is 4. The standard InChI is InChI=1S/C15H17Cl2N3O/c1-3-21-10-14-18-13(17)8-15(19-14)20(2)9-11-5-4-6-12(16)7-11/h4-8H,3,9-10H2,1-2H3. The predicted molar refractivity (Wildman–Crippen MR) is 85.9 cm³/mol. The zero-order chi connectivity index (χ0) is 15.2. The second-order valence-corrected chi connectivity index (χ2v) is 5.41. The number of halogens is 2. The van der Waals surface area contributed by atoms with E-state index in [4.69, 9.17) is 27.9 Å². The summed E-state index contributed by atoms with van der Waals surface area (Å²) in [5, 5.41) is 1.13. The highest BCUT2D eigenvalue weighted by Gasteiger charge is 2.08. The molecular weight excluding hydrogens is 309 g/mol. The Hall–Kier alpha value is -1.36. The SMILES string of the molecule is CCOCc1nc(Cl)cc(N(C)Cc2cccc(Cl)c2)n1. The molecule has 21 heavy (non-hydrogen) atoms. The van der Waals surface area contributed by atoms with E-state index in [1.54, 1.807) is 6.07 Å². The van der Waals surface area contributed by atoms with E-state index < -0.39 is 0 Å². The van der Waals surface area contributed by atoms with Crippen molar-refractivity contribution in [1.29, 1.82) is 0 Å². The van der Waals surface area contributed by atoms with Gasteiger partial charge in [-0.2, -0.15) is 0 Å². The van der Waals surface area contributed by atoms with Crippen molar-refractivity contribution in [2.24, 2.45) is 0 Å². The van der Waals surface area contributed by atoms with Crippen LogP contribution in [0.15, 0.2) is 30.3 Å². The lowest BCUT2D eigenvalue weighted by Crippen LogP contribution is -2.18. The maximum atomic E-state index is 6.05. The molecule has 1 aromatic heterocycles. The van der Waals surface area contributed by atoms with E-state index in [2.05, 4.69) is 9.97 Å². The molecule has 6 heteroatoms. The molecule has 0 saturated heterocycles. The summed E-state index contributed by atoms with van der Waals surface area (Å²) >= 11 is 12.0. The van der Waals surface area contributed by atoms with Crippen LogP contribution in [0.1, 0.15) is 18.3 Å². The molecule has 0 aliphatic heterocycles. The van der Waals surface area contributed by atoms with E-state index in [0.717, 1.165) is 16.4 Å². The van der Waals surface area contributed by atoms with E-state index in [-0.39, 0.29) is 0 Å². The van der Waals surface area contributed by atoms with Crippen LogP contribution in [0.4, 0.5) is 5.82 Å². The van der Waals surface area contributed by atoms with Crippen LogP contribution in [0.2, 0.25) is 10.2 Å². The topological polar surface area (TPSA) is 38.2 Å². The molecule has 0 spiro atoms. The van der Waals surface area contributed by atoms with E-state index >= 15 is 0 Å². The van der Waals surface area contributed by atoms with Crippen molar-refractivity contribution in [3.8, 4) is 0 Å². The third-order valence-electron chi connectivity index (χ3n) is 2.86. The minimum Gasteiger partial charge on any atom is -0.374 e. The average Bonchev–Trinajstić information content (AvgIpc) is 2.44. The smallest absolute Gasteiger partial charge is 0.158 e. The third kappa shape index (κ3) is 4.84. The van der Waals surface area contributed by atoms with Crippen molar-refractivity contribution in [1.82, 2.24) is 9.97 Å². The summed E-state index contributed by atoms with van der Waals surface area (Å²) in [5.74, 6) is 1.34. The Morgan fingerprint density at radius 3 is 2.71 bits per heavy atom. The Balaban J connectivity index is 2.14. The van der Waals surface area contributed by atoms with Crippen molar-refractivity contribution < 1.29 is 4.74 Å². The second kappa shape index (κ2) is 7.59. The lowest BCUT2D eigenvalue weighted by atomic mass is 10.2. The Kier molecular flexibility index (Phi) is 5.79. The fraction of sp³-hybridized carbons (Fsp3) is 0.333. The highest BCUT2D eigenvalue weighted by Crippen LogP contribution is 2.19. The van der Waals surface area contributed by atoms with Crippen LogP contribution in [0.3, 0.4) is 0 Å². The Morgan fingerprint density at radius 2 is 2.00 bits per heavy atom. The van der Waals surface area contributed by atoms with Gasteiger partial charge in [-0.1, -0.05) is 35.3 Å². The fourth-order valence-electron chi connectivity index (χ4n) is 1.90. The van der Waals surface area contributed by atoms with Gasteiger partial charge in [-0.25, -0.2) is 9.97 Å². The molecular formula is C15H17Cl2N3O. The number of aromatic nitrogens is 2. The average molecular weight is 326 g/mol. The Bertz CT molecular complexity index is 607. The highest BCUT2D eigenvalue weighted by atomic mass is 35.5. The first-order chi connectivity index (χ1) is 10.1. The van der Waals surface area contributed by atoms with Gasteiger partial charge in [0.25, 0.3) is 0 Å². The maximum absolute atomic E-state index is 6.05. The number of benzene rings is 1. The number of rotatable bonds is 6. The molecule has 0 radical (unpaired) electrons. The molecule has 0 bridgehead atoms. The van der Waals surface area contributed by atoms with Gasteiger partial charge in [0.15, 0.2) is 5.82 Å². The van der Waals surface area contributed by atoms with Crippen LogP contribution in [-0.2, 0) is 17.9 Å². The third-order valence-corrected chi connectivity index (χ3v) is 3.29. The summed E-state index contributed by atoms with van der Waals surface area (Å²) in [5.41, 5.74) is 1.10. The van der Waals surface area contributed by atoms with Crippen molar-refractivity contribution in [2.75, 3.05) is 18.6 Å². The molecule has 0 fully saturated rings. The van der Waals surface area contributed by atoms with Gasteiger partial charge in [0.2, 0.25) is 0 Å². The number of nitrogens with zero attached hydrogens (tertiary/aromatic N) is 3. The molecule has 0 atom stereocenters. The minimum atomic E-state index is 0.356. The molecule has 1 aromatic carbocycles. The number of hydrogen-bond donors (Lipinski definition) is 0. The molecule has 0 N–H and O–H groups in total. The molecule has 2 aromatic rings. The predicted octanol–water partition coefficient (Wildman–Crippen LogP) is 3.96. The van der Waals surface area contributed by atoms with Crippen molar-refractivity contribution in [3.05, 3.63) is 51.9 Å². The Morgan fingerprint density at radius 1 is 1.19 bits per heavy atom. The van der Waals surface area contributed by atoms with Gasteiger partial charge in [-0.3, -0.25) is 0 Å². The van der Waals surface area contributed by atoms with Crippen molar-refractivity contribution in [3.63, 3.8) is 0 Å². The van der Waals surface area contributed by atoms with Gasteiger partial charge in [-0.05, 0) is 24.6 Å². The molecule has 4 nitrogen and oxygen atoms in total. The number of ether oxygens (including phenoxy) is 1. The van der Waals surface area contributed by atoms with Crippen LogP contribution in [0.5, 0.6) is 0 Å². The van der Waals surface area contributed by atoms with E-state index in [0.29, 0.717) is 30.7 Å². The van der Waals surface area contributed by atoms with Crippen LogP contribution in [-0.4, -0.2) is 23.6 Å². The summed E-state index contributed by atoms with van der Waals surface area (Å²) in [6, 6.07) is 9.47. The molecule has 2 rings (SSSR count). The van der Waals surface area contributed by atoms with Crippen LogP contribution in [0, 0.1) is 0 Å². The van der Waals surface area contributed by atoms with E-state index in [1.165, 1.54) is 0 Å². The summed E-state index contributed by atoms with van der Waals surface area (Å²) in [6.45, 7) is 3.58. The zero-order valence-corrected chi connectivity index (χ0v) is 13.5. The maximum Gasteiger partial charge on any atom is 0.158 e. The van der Waals surface area contributed by atoms with Crippen LogP contribution < -0.4 is 4.90 Å². The fourth-order valence-corrected chi connectivity index (χ4v) is 2.30. The Labute approximate surface area is 134 Å². The highest BCUT2D eigenvalue weighted by molar-refractivity contribution is 6.30. The first-order valence-electron chi connectivity index (χ1n) is 6.65. The van der Waals surface area contributed by atoms with Crippen molar-refractivity contribution >= 4 is 29.0 Å². The molecule has 0 unspecified atom stereocenters. The van der Waals surface area contributed by atoms with E-state index in [1.807, 2.05) is 43.1 Å². The van der Waals surface area contributed by atoms with Gasteiger partial charge >= 0.3 is 0 Å². The number of anilines is 1. The quantitative estimate of drug-likeness (QED) is 0.753. The summed E-state index contributed by atoms with van der Waals surface area (Å²) in [4.78, 5) is 10.6.